The molecule has 0 aliphatic carbocycles. The van der Waals surface area contributed by atoms with E-state index in [9.17, 15) is 4.79 Å². The number of amides is 1. The topological polar surface area (TPSA) is 83.0 Å². The first kappa shape index (κ1) is 17.3. The molecule has 136 valence electrons. The molecule has 0 saturated heterocycles. The number of rotatable bonds is 3. The summed E-state index contributed by atoms with van der Waals surface area (Å²) in [5.41, 5.74) is 5.66. The Morgan fingerprint density at radius 3 is 2.67 bits per heavy atom. The number of fused-ring (bicyclic) bond motifs is 1. The molecule has 2 aromatic rings. The SMILES string of the molecule is COc1ccc(-n2c(C)cc(/C=C3\C(=N)N4N=CSC4=NC3=O)c2C)cc1. The Balaban J connectivity index is 1.75. The summed E-state index contributed by atoms with van der Waals surface area (Å²) in [6, 6.07) is 9.78. The second kappa shape index (κ2) is 6.55. The third kappa shape index (κ3) is 2.87. The van der Waals surface area contributed by atoms with Crippen LogP contribution < -0.4 is 4.74 Å². The van der Waals surface area contributed by atoms with Gasteiger partial charge < -0.3 is 9.30 Å². The molecule has 27 heavy (non-hydrogen) atoms. The molecule has 0 saturated carbocycles. The lowest BCUT2D eigenvalue weighted by Crippen LogP contribution is -2.35. The number of hydrogen-bond donors (Lipinski definition) is 1. The van der Waals surface area contributed by atoms with Gasteiger partial charge in [0.15, 0.2) is 11.0 Å². The van der Waals surface area contributed by atoms with Crippen LogP contribution in [0.15, 0.2) is 46.0 Å². The van der Waals surface area contributed by atoms with Crippen molar-refractivity contribution in [1.82, 2.24) is 9.58 Å². The van der Waals surface area contributed by atoms with Gasteiger partial charge in [-0.3, -0.25) is 10.2 Å². The van der Waals surface area contributed by atoms with Gasteiger partial charge in [0.2, 0.25) is 0 Å². The van der Waals surface area contributed by atoms with Crippen molar-refractivity contribution in [3.63, 3.8) is 0 Å². The van der Waals surface area contributed by atoms with Crippen molar-refractivity contribution in [2.75, 3.05) is 7.11 Å². The second-order valence-corrected chi connectivity index (χ2v) is 6.93. The molecule has 2 aliphatic heterocycles. The van der Waals surface area contributed by atoms with Gasteiger partial charge in [-0.1, -0.05) is 0 Å². The van der Waals surface area contributed by atoms with Gasteiger partial charge in [-0.15, -0.1) is 0 Å². The van der Waals surface area contributed by atoms with Crippen molar-refractivity contribution in [3.8, 4) is 11.4 Å². The van der Waals surface area contributed by atoms with Crippen molar-refractivity contribution >= 4 is 40.3 Å². The number of carbonyl (C=O) groups is 1. The Hall–Kier alpha value is -3.13. The van der Waals surface area contributed by atoms with Crippen molar-refractivity contribution in [3.05, 3.63) is 52.9 Å². The van der Waals surface area contributed by atoms with Crippen molar-refractivity contribution in [1.29, 1.82) is 5.41 Å². The van der Waals surface area contributed by atoms with E-state index in [4.69, 9.17) is 10.1 Å². The quantitative estimate of drug-likeness (QED) is 0.829. The van der Waals surface area contributed by atoms with E-state index in [2.05, 4.69) is 14.7 Å². The van der Waals surface area contributed by atoms with Gasteiger partial charge in [0.05, 0.1) is 18.2 Å². The largest absolute Gasteiger partial charge is 0.497 e. The van der Waals surface area contributed by atoms with E-state index in [1.165, 1.54) is 16.8 Å². The highest BCUT2D eigenvalue weighted by Gasteiger charge is 2.32. The first-order valence-electron chi connectivity index (χ1n) is 8.26. The molecule has 0 atom stereocenters. The highest BCUT2D eigenvalue weighted by atomic mass is 32.2. The lowest BCUT2D eigenvalue weighted by Gasteiger charge is -2.20. The molecule has 3 heterocycles. The Kier molecular flexibility index (Phi) is 4.19. The predicted molar refractivity (Wildman–Crippen MR) is 108 cm³/mol. The zero-order valence-electron chi connectivity index (χ0n) is 15.1. The molecule has 0 bridgehead atoms. The maximum Gasteiger partial charge on any atom is 0.283 e. The molecular weight excluding hydrogens is 362 g/mol. The van der Waals surface area contributed by atoms with Gasteiger partial charge >= 0.3 is 0 Å². The summed E-state index contributed by atoms with van der Waals surface area (Å²) < 4.78 is 7.32. The number of amidine groups is 2. The van der Waals surface area contributed by atoms with Crippen LogP contribution >= 0.6 is 11.8 Å². The first-order valence-corrected chi connectivity index (χ1v) is 9.14. The van der Waals surface area contributed by atoms with E-state index < -0.39 is 5.91 Å². The summed E-state index contributed by atoms with van der Waals surface area (Å²) in [6.07, 6.45) is 1.71. The number of carbonyl (C=O) groups excluding carboxylic acids is 1. The van der Waals surface area contributed by atoms with Gasteiger partial charge in [0.25, 0.3) is 5.91 Å². The van der Waals surface area contributed by atoms with E-state index in [1.54, 1.807) is 18.7 Å². The number of ether oxygens (including phenoxy) is 1. The number of methoxy groups -OCH3 is 1. The fourth-order valence-electron chi connectivity index (χ4n) is 3.15. The monoisotopic (exact) mass is 379 g/mol. The Morgan fingerprint density at radius 1 is 1.22 bits per heavy atom. The molecule has 1 aromatic carbocycles. The Bertz CT molecular complexity index is 1050. The number of thioether (sulfide) groups is 1. The minimum Gasteiger partial charge on any atom is -0.497 e. The summed E-state index contributed by atoms with van der Waals surface area (Å²) in [5, 5.41) is 14.2. The van der Waals surface area contributed by atoms with Crippen LogP contribution in [0, 0.1) is 19.3 Å². The summed E-state index contributed by atoms with van der Waals surface area (Å²) in [7, 11) is 1.64. The second-order valence-electron chi connectivity index (χ2n) is 6.12. The minimum absolute atomic E-state index is 0.0421. The molecule has 0 unspecified atom stereocenters. The maximum atomic E-state index is 12.4. The number of hydrazone groups is 1. The highest BCUT2D eigenvalue weighted by molar-refractivity contribution is 8.25. The van der Waals surface area contributed by atoms with E-state index in [-0.39, 0.29) is 11.4 Å². The summed E-state index contributed by atoms with van der Waals surface area (Å²) in [6.45, 7) is 3.99. The summed E-state index contributed by atoms with van der Waals surface area (Å²) in [5.74, 6) is 0.418. The zero-order valence-corrected chi connectivity index (χ0v) is 15.9. The van der Waals surface area contributed by atoms with Crippen LogP contribution in [0.25, 0.3) is 11.8 Å². The first-order chi connectivity index (χ1) is 13.0. The molecule has 8 heteroatoms. The molecular formula is C19H17N5O2S. The number of aryl methyl sites for hydroxylation is 1. The van der Waals surface area contributed by atoms with Crippen LogP contribution in [0.1, 0.15) is 17.0 Å². The molecule has 1 amide bonds. The minimum atomic E-state index is -0.418. The van der Waals surface area contributed by atoms with Crippen LogP contribution in [-0.4, -0.2) is 39.1 Å². The van der Waals surface area contributed by atoms with E-state index in [0.717, 1.165) is 28.4 Å². The number of nitrogens with zero attached hydrogens (tertiary/aromatic N) is 4. The third-order valence-electron chi connectivity index (χ3n) is 4.50. The average molecular weight is 379 g/mol. The lowest BCUT2D eigenvalue weighted by molar-refractivity contribution is -0.114. The third-order valence-corrected chi connectivity index (χ3v) is 5.17. The van der Waals surface area contributed by atoms with Crippen LogP contribution in [0.5, 0.6) is 5.75 Å². The molecule has 0 spiro atoms. The molecule has 0 radical (unpaired) electrons. The van der Waals surface area contributed by atoms with Crippen LogP contribution in [-0.2, 0) is 4.79 Å². The Labute approximate surface area is 160 Å². The molecule has 7 nitrogen and oxygen atoms in total. The number of aliphatic imine (C=N–C) groups is 1. The summed E-state index contributed by atoms with van der Waals surface area (Å²) in [4.78, 5) is 16.4. The van der Waals surface area contributed by atoms with E-state index in [0.29, 0.717) is 5.17 Å². The molecule has 0 fully saturated rings. The standard InChI is InChI=1S/C19H17N5O2S/c1-11-8-13(12(2)23(11)14-4-6-15(26-3)7-5-14)9-16-17(20)24-19(22-18(16)25)27-10-21-24/h4-10,20H,1-3H3/b16-9+,20-17?. The van der Waals surface area contributed by atoms with Gasteiger partial charge in [0.1, 0.15) is 5.75 Å². The molecule has 2 aliphatic rings. The van der Waals surface area contributed by atoms with Gasteiger partial charge in [-0.2, -0.15) is 15.1 Å². The van der Waals surface area contributed by atoms with Crippen LogP contribution in [0.4, 0.5) is 0 Å². The normalized spacial score (nSPS) is 17.5. The molecule has 1 aromatic heterocycles. The van der Waals surface area contributed by atoms with Crippen LogP contribution in [0.2, 0.25) is 0 Å². The van der Waals surface area contributed by atoms with Gasteiger partial charge in [-0.25, -0.2) is 0 Å². The predicted octanol–water partition coefficient (Wildman–Crippen LogP) is 3.35. The number of hydrogen-bond acceptors (Lipinski definition) is 5. The highest BCUT2D eigenvalue weighted by Crippen LogP contribution is 2.28. The number of benzene rings is 1. The van der Waals surface area contributed by atoms with Crippen LogP contribution in [0.3, 0.4) is 0 Å². The number of nitrogens with one attached hydrogen (secondary N) is 1. The van der Waals surface area contributed by atoms with E-state index in [1.807, 2.05) is 44.2 Å². The fraction of sp³-hybridized carbons (Fsp3) is 0.158. The lowest BCUT2D eigenvalue weighted by atomic mass is 10.1. The van der Waals surface area contributed by atoms with Gasteiger partial charge in [0, 0.05) is 17.1 Å². The Morgan fingerprint density at radius 2 is 1.96 bits per heavy atom. The van der Waals surface area contributed by atoms with Gasteiger partial charge in [-0.05, 0) is 67.6 Å². The number of aromatic nitrogens is 1. The maximum absolute atomic E-state index is 12.4. The van der Waals surface area contributed by atoms with Crippen molar-refractivity contribution in [2.45, 2.75) is 13.8 Å². The molecule has 1 N–H and O–H groups in total. The van der Waals surface area contributed by atoms with Crippen molar-refractivity contribution < 1.29 is 9.53 Å². The smallest absolute Gasteiger partial charge is 0.283 e. The fourth-order valence-corrected chi connectivity index (χ4v) is 3.76. The van der Waals surface area contributed by atoms with E-state index >= 15 is 0 Å². The van der Waals surface area contributed by atoms with Crippen molar-refractivity contribution in [2.24, 2.45) is 10.1 Å². The average Bonchev–Trinajstić information content (AvgIpc) is 3.23. The molecule has 4 rings (SSSR count). The zero-order chi connectivity index (χ0) is 19.1. The summed E-state index contributed by atoms with van der Waals surface area (Å²) >= 11 is 1.23.